The number of H-pyrrole nitrogens is 1. The molecule has 5 heteroatoms. The minimum absolute atomic E-state index is 0.0169. The van der Waals surface area contributed by atoms with E-state index >= 15 is 0 Å². The molecule has 1 aromatic heterocycles. The van der Waals surface area contributed by atoms with E-state index in [0.29, 0.717) is 19.4 Å². The molecule has 0 aliphatic carbocycles. The lowest BCUT2D eigenvalue weighted by atomic mass is 10.1. The largest absolute Gasteiger partial charge is 0.358 e. The Hall–Kier alpha value is -2.14. The number of nitrogens with one attached hydrogen (secondary N) is 2. The molecule has 124 valence electrons. The second-order valence-corrected chi connectivity index (χ2v) is 6.74. The number of aromatic amines is 1. The summed E-state index contributed by atoms with van der Waals surface area (Å²) in [5.74, 6) is -0.266. The summed E-state index contributed by atoms with van der Waals surface area (Å²) in [6.45, 7) is 2.49. The molecule has 3 aromatic rings. The summed E-state index contributed by atoms with van der Waals surface area (Å²) in [6.07, 6.45) is 1.01. The lowest BCUT2D eigenvalue weighted by Gasteiger charge is -2.06. The molecule has 2 N–H and O–H groups in total. The van der Waals surface area contributed by atoms with Gasteiger partial charge in [-0.25, -0.2) is 4.39 Å². The molecular weight excluding hydrogens is 371 g/mol. The highest BCUT2D eigenvalue weighted by Gasteiger charge is 2.10. The number of halogens is 2. The minimum atomic E-state index is -0.249. The van der Waals surface area contributed by atoms with Crippen LogP contribution in [0, 0.1) is 12.7 Å². The highest BCUT2D eigenvalue weighted by molar-refractivity contribution is 9.10. The normalized spacial score (nSPS) is 11.0. The average molecular weight is 389 g/mol. The second kappa shape index (κ2) is 7.18. The van der Waals surface area contributed by atoms with Crippen molar-refractivity contribution in [2.45, 2.75) is 19.8 Å². The van der Waals surface area contributed by atoms with Gasteiger partial charge in [-0.05, 0) is 54.8 Å². The van der Waals surface area contributed by atoms with E-state index in [-0.39, 0.29) is 11.7 Å². The molecule has 24 heavy (non-hydrogen) atoms. The van der Waals surface area contributed by atoms with Gasteiger partial charge in [0.15, 0.2) is 0 Å². The van der Waals surface area contributed by atoms with Gasteiger partial charge in [0.25, 0.3) is 0 Å². The molecule has 3 rings (SSSR count). The van der Waals surface area contributed by atoms with Crippen LogP contribution in [0.5, 0.6) is 0 Å². The van der Waals surface area contributed by atoms with Crippen molar-refractivity contribution in [2.24, 2.45) is 0 Å². The molecule has 3 nitrogen and oxygen atoms in total. The quantitative estimate of drug-likeness (QED) is 0.672. The Morgan fingerprint density at radius 2 is 2.08 bits per heavy atom. The first kappa shape index (κ1) is 16.7. The first-order chi connectivity index (χ1) is 11.5. The van der Waals surface area contributed by atoms with Crippen LogP contribution in [0.3, 0.4) is 0 Å². The Labute approximate surface area is 148 Å². The maximum absolute atomic E-state index is 13.5. The van der Waals surface area contributed by atoms with Gasteiger partial charge >= 0.3 is 0 Å². The van der Waals surface area contributed by atoms with E-state index < -0.39 is 0 Å². The fourth-order valence-corrected chi connectivity index (χ4v) is 3.35. The fraction of sp³-hybridized carbons (Fsp3) is 0.211. The van der Waals surface area contributed by atoms with Crippen LogP contribution in [0.4, 0.5) is 4.39 Å². The van der Waals surface area contributed by atoms with E-state index in [1.165, 1.54) is 12.1 Å². The topological polar surface area (TPSA) is 44.9 Å². The van der Waals surface area contributed by atoms with Crippen molar-refractivity contribution >= 4 is 32.7 Å². The SMILES string of the molecule is Cc1[nH]c2ccc(F)cc2c1CCNC(=O)Cc1cccc(Br)c1. The number of benzene rings is 2. The predicted molar refractivity (Wildman–Crippen MR) is 97.6 cm³/mol. The zero-order chi connectivity index (χ0) is 17.1. The molecule has 0 radical (unpaired) electrons. The van der Waals surface area contributed by atoms with Crippen LogP contribution >= 0.6 is 15.9 Å². The van der Waals surface area contributed by atoms with Gasteiger partial charge < -0.3 is 10.3 Å². The first-order valence-electron chi connectivity index (χ1n) is 7.81. The van der Waals surface area contributed by atoms with Gasteiger partial charge in [-0.1, -0.05) is 28.1 Å². The number of hydrogen-bond acceptors (Lipinski definition) is 1. The molecule has 0 bridgehead atoms. The number of aromatic nitrogens is 1. The third kappa shape index (κ3) is 3.85. The Bertz CT molecular complexity index is 888. The van der Waals surface area contributed by atoms with Crippen molar-refractivity contribution in [1.29, 1.82) is 0 Å². The fourth-order valence-electron chi connectivity index (χ4n) is 2.90. The number of carbonyl (C=O) groups is 1. The predicted octanol–water partition coefficient (Wildman–Crippen LogP) is 4.28. The molecule has 0 atom stereocenters. The number of fused-ring (bicyclic) bond motifs is 1. The van der Waals surface area contributed by atoms with Crippen molar-refractivity contribution < 1.29 is 9.18 Å². The Kier molecular flexibility index (Phi) is 5.00. The zero-order valence-electron chi connectivity index (χ0n) is 13.3. The molecule has 0 saturated heterocycles. The lowest BCUT2D eigenvalue weighted by molar-refractivity contribution is -0.120. The molecular formula is C19H18BrFN2O. The van der Waals surface area contributed by atoms with Crippen molar-refractivity contribution in [3.05, 3.63) is 69.6 Å². The summed E-state index contributed by atoms with van der Waals surface area (Å²) >= 11 is 3.40. The van der Waals surface area contributed by atoms with Crippen molar-refractivity contribution in [1.82, 2.24) is 10.3 Å². The second-order valence-electron chi connectivity index (χ2n) is 5.83. The third-order valence-corrected chi connectivity index (χ3v) is 4.53. The smallest absolute Gasteiger partial charge is 0.224 e. The lowest BCUT2D eigenvalue weighted by Crippen LogP contribution is -2.27. The molecule has 0 aliphatic rings. The number of carbonyl (C=O) groups excluding carboxylic acids is 1. The maximum Gasteiger partial charge on any atom is 0.224 e. The summed E-state index contributed by atoms with van der Waals surface area (Å²) < 4.78 is 14.4. The van der Waals surface area contributed by atoms with E-state index in [1.807, 2.05) is 31.2 Å². The van der Waals surface area contributed by atoms with Crippen LogP contribution in [0.25, 0.3) is 10.9 Å². The number of aryl methyl sites for hydroxylation is 1. The zero-order valence-corrected chi connectivity index (χ0v) is 14.9. The van der Waals surface area contributed by atoms with E-state index in [0.717, 1.165) is 32.2 Å². The Balaban J connectivity index is 1.61. The van der Waals surface area contributed by atoms with Crippen molar-refractivity contribution in [3.63, 3.8) is 0 Å². The van der Waals surface area contributed by atoms with Crippen LogP contribution in [0.1, 0.15) is 16.8 Å². The van der Waals surface area contributed by atoms with Crippen LogP contribution in [-0.2, 0) is 17.6 Å². The average Bonchev–Trinajstić information content (AvgIpc) is 2.83. The Morgan fingerprint density at radius 1 is 1.25 bits per heavy atom. The van der Waals surface area contributed by atoms with E-state index in [2.05, 4.69) is 26.2 Å². The van der Waals surface area contributed by atoms with Gasteiger partial charge in [0, 0.05) is 27.6 Å². The van der Waals surface area contributed by atoms with E-state index in [1.54, 1.807) is 6.07 Å². The molecule has 0 unspecified atom stereocenters. The highest BCUT2D eigenvalue weighted by Crippen LogP contribution is 2.23. The van der Waals surface area contributed by atoms with E-state index in [9.17, 15) is 9.18 Å². The monoisotopic (exact) mass is 388 g/mol. The van der Waals surface area contributed by atoms with E-state index in [4.69, 9.17) is 0 Å². The standard InChI is InChI=1S/C19H18BrFN2O/c1-12-16(17-11-15(21)5-6-18(17)23-12)7-8-22-19(24)10-13-3-2-4-14(20)9-13/h2-6,9,11,23H,7-8,10H2,1H3,(H,22,24). The minimum Gasteiger partial charge on any atom is -0.358 e. The van der Waals surface area contributed by atoms with Crippen LogP contribution in [0.15, 0.2) is 46.9 Å². The molecule has 0 fully saturated rings. The maximum atomic E-state index is 13.5. The molecule has 1 amide bonds. The molecule has 2 aromatic carbocycles. The number of hydrogen-bond donors (Lipinski definition) is 2. The molecule has 0 spiro atoms. The van der Waals surface area contributed by atoms with Gasteiger partial charge in [0.2, 0.25) is 5.91 Å². The number of rotatable bonds is 5. The molecule has 0 aliphatic heterocycles. The molecule has 1 heterocycles. The van der Waals surface area contributed by atoms with Gasteiger partial charge in [0.05, 0.1) is 6.42 Å². The van der Waals surface area contributed by atoms with Crippen LogP contribution in [-0.4, -0.2) is 17.4 Å². The van der Waals surface area contributed by atoms with Gasteiger partial charge in [-0.15, -0.1) is 0 Å². The van der Waals surface area contributed by atoms with Gasteiger partial charge in [-0.2, -0.15) is 0 Å². The highest BCUT2D eigenvalue weighted by atomic mass is 79.9. The summed E-state index contributed by atoms with van der Waals surface area (Å²) in [6, 6.07) is 12.4. The Morgan fingerprint density at radius 3 is 2.88 bits per heavy atom. The van der Waals surface area contributed by atoms with Gasteiger partial charge in [0.1, 0.15) is 5.82 Å². The van der Waals surface area contributed by atoms with Gasteiger partial charge in [-0.3, -0.25) is 4.79 Å². The molecule has 0 saturated carbocycles. The summed E-state index contributed by atoms with van der Waals surface area (Å²) in [5.41, 5.74) is 3.95. The third-order valence-electron chi connectivity index (χ3n) is 4.03. The summed E-state index contributed by atoms with van der Waals surface area (Å²) in [5, 5.41) is 3.82. The van der Waals surface area contributed by atoms with Crippen LogP contribution in [0.2, 0.25) is 0 Å². The summed E-state index contributed by atoms with van der Waals surface area (Å²) in [7, 11) is 0. The van der Waals surface area contributed by atoms with Crippen molar-refractivity contribution in [3.8, 4) is 0 Å². The first-order valence-corrected chi connectivity index (χ1v) is 8.60. The van der Waals surface area contributed by atoms with Crippen molar-refractivity contribution in [2.75, 3.05) is 6.54 Å². The number of amides is 1. The summed E-state index contributed by atoms with van der Waals surface area (Å²) in [4.78, 5) is 15.3. The van der Waals surface area contributed by atoms with Crippen LogP contribution < -0.4 is 5.32 Å².